The van der Waals surface area contributed by atoms with Gasteiger partial charge in [0.25, 0.3) is 0 Å². The molecule has 2 fully saturated rings. The number of carbonyl (C=O) groups excluding carboxylic acids is 1. The molecule has 0 aromatic carbocycles. The van der Waals surface area contributed by atoms with Crippen LogP contribution in [0.25, 0.3) is 0 Å². The summed E-state index contributed by atoms with van der Waals surface area (Å²) < 4.78 is 10.6. The molecule has 16 heavy (non-hydrogen) atoms. The summed E-state index contributed by atoms with van der Waals surface area (Å²) in [7, 11) is 1.65. The minimum atomic E-state index is -0.00806. The smallest absolute Gasteiger partial charge is 0.240 e. The highest BCUT2D eigenvalue weighted by Gasteiger charge is 2.30. The van der Waals surface area contributed by atoms with Gasteiger partial charge in [-0.2, -0.15) is 0 Å². The Hall–Kier alpha value is -0.300. The van der Waals surface area contributed by atoms with Crippen LogP contribution in [0.15, 0.2) is 0 Å². The first-order valence-electron chi connectivity index (χ1n) is 5.51. The molecule has 0 aromatic rings. The van der Waals surface area contributed by atoms with E-state index < -0.39 is 0 Å². The van der Waals surface area contributed by atoms with Crippen LogP contribution in [-0.2, 0) is 14.3 Å². The Labute approximate surface area is 99.8 Å². The molecule has 2 saturated heterocycles. The number of nitrogens with one attached hydrogen (secondary N) is 1. The maximum Gasteiger partial charge on any atom is 0.240 e. The topological polar surface area (TPSA) is 50.8 Å². The van der Waals surface area contributed by atoms with Crippen molar-refractivity contribution in [2.45, 2.75) is 12.1 Å². The fourth-order valence-electron chi connectivity index (χ4n) is 1.98. The number of thioether (sulfide) groups is 1. The second-order valence-electron chi connectivity index (χ2n) is 4.00. The Balaban J connectivity index is 1.85. The summed E-state index contributed by atoms with van der Waals surface area (Å²) in [5, 5.41) is 3.20. The number of carbonyl (C=O) groups is 1. The maximum absolute atomic E-state index is 12.1. The van der Waals surface area contributed by atoms with Crippen molar-refractivity contribution >= 4 is 17.7 Å². The van der Waals surface area contributed by atoms with Crippen molar-refractivity contribution in [3.63, 3.8) is 0 Å². The number of methoxy groups -OCH3 is 1. The highest BCUT2D eigenvalue weighted by molar-refractivity contribution is 7.99. The van der Waals surface area contributed by atoms with Crippen molar-refractivity contribution < 1.29 is 14.3 Å². The molecule has 2 aliphatic rings. The predicted molar refractivity (Wildman–Crippen MR) is 62.4 cm³/mol. The van der Waals surface area contributed by atoms with Crippen LogP contribution in [0.3, 0.4) is 0 Å². The molecule has 2 atom stereocenters. The lowest BCUT2D eigenvalue weighted by Crippen LogP contribution is -2.52. The Bertz CT molecular complexity index is 244. The zero-order chi connectivity index (χ0) is 11.4. The van der Waals surface area contributed by atoms with Crippen LogP contribution in [0.4, 0.5) is 0 Å². The van der Waals surface area contributed by atoms with Crippen molar-refractivity contribution in [1.82, 2.24) is 10.2 Å². The first-order valence-corrected chi connectivity index (χ1v) is 6.67. The van der Waals surface area contributed by atoms with Crippen molar-refractivity contribution in [2.24, 2.45) is 0 Å². The molecule has 0 aromatic heterocycles. The normalized spacial score (nSPS) is 30.7. The Kier molecular flexibility index (Phi) is 4.45. The largest absolute Gasteiger partial charge is 0.382 e. The standard InChI is InChI=1S/C10H18N2O3S/c1-14-5-8-4-12(2-3-15-8)10(13)9-6-16-7-11-9/h8-9,11H,2-7H2,1H3. The summed E-state index contributed by atoms with van der Waals surface area (Å²) >= 11 is 1.77. The zero-order valence-corrected chi connectivity index (χ0v) is 10.3. The monoisotopic (exact) mass is 246 g/mol. The first kappa shape index (κ1) is 12.2. The van der Waals surface area contributed by atoms with Crippen molar-refractivity contribution in [3.05, 3.63) is 0 Å². The van der Waals surface area contributed by atoms with Crippen molar-refractivity contribution in [2.75, 3.05) is 45.0 Å². The van der Waals surface area contributed by atoms with Crippen molar-refractivity contribution in [1.29, 1.82) is 0 Å². The van der Waals surface area contributed by atoms with Gasteiger partial charge in [0, 0.05) is 31.8 Å². The van der Waals surface area contributed by atoms with Crippen LogP contribution in [0, 0.1) is 0 Å². The minimum Gasteiger partial charge on any atom is -0.382 e. The first-order chi connectivity index (χ1) is 7.81. The molecule has 92 valence electrons. The van der Waals surface area contributed by atoms with E-state index in [-0.39, 0.29) is 18.1 Å². The number of hydrogen-bond donors (Lipinski definition) is 1. The number of amides is 1. The number of morpholine rings is 1. The number of ether oxygens (including phenoxy) is 2. The Morgan fingerprint density at radius 3 is 3.25 bits per heavy atom. The van der Waals surface area contributed by atoms with E-state index in [1.165, 1.54) is 0 Å². The zero-order valence-electron chi connectivity index (χ0n) is 9.48. The maximum atomic E-state index is 12.1. The van der Waals surface area contributed by atoms with Crippen LogP contribution in [0.1, 0.15) is 0 Å². The molecular formula is C10H18N2O3S. The lowest BCUT2D eigenvalue weighted by atomic mass is 10.2. The van der Waals surface area contributed by atoms with Gasteiger partial charge in [0.2, 0.25) is 5.91 Å². The van der Waals surface area contributed by atoms with E-state index in [2.05, 4.69) is 5.32 Å². The van der Waals surface area contributed by atoms with Gasteiger partial charge >= 0.3 is 0 Å². The van der Waals surface area contributed by atoms with E-state index in [0.717, 1.165) is 11.6 Å². The van der Waals surface area contributed by atoms with E-state index in [9.17, 15) is 4.79 Å². The van der Waals surface area contributed by atoms with Crippen molar-refractivity contribution in [3.8, 4) is 0 Å². The van der Waals surface area contributed by atoms with E-state index in [1.807, 2.05) is 4.90 Å². The average Bonchev–Trinajstić information content (AvgIpc) is 2.82. The van der Waals surface area contributed by atoms with Crippen LogP contribution in [0.2, 0.25) is 0 Å². The highest BCUT2D eigenvalue weighted by atomic mass is 32.2. The molecule has 0 radical (unpaired) electrons. The van der Waals surface area contributed by atoms with Gasteiger partial charge in [0.05, 0.1) is 25.4 Å². The fraction of sp³-hybridized carbons (Fsp3) is 0.900. The van der Waals surface area contributed by atoms with Crippen LogP contribution >= 0.6 is 11.8 Å². The van der Waals surface area contributed by atoms with Gasteiger partial charge in [-0.3, -0.25) is 10.1 Å². The lowest BCUT2D eigenvalue weighted by Gasteiger charge is -2.34. The molecule has 0 saturated carbocycles. The summed E-state index contributed by atoms with van der Waals surface area (Å²) in [6, 6.07) is -0.00806. The molecule has 2 heterocycles. The van der Waals surface area contributed by atoms with Crippen LogP contribution in [-0.4, -0.2) is 68.0 Å². The molecular weight excluding hydrogens is 228 g/mol. The van der Waals surface area contributed by atoms with Gasteiger partial charge in [-0.1, -0.05) is 0 Å². The third-order valence-corrected chi connectivity index (χ3v) is 3.76. The van der Waals surface area contributed by atoms with Gasteiger partial charge in [0.1, 0.15) is 0 Å². The third-order valence-electron chi connectivity index (χ3n) is 2.82. The van der Waals surface area contributed by atoms with Gasteiger partial charge in [0.15, 0.2) is 0 Å². The lowest BCUT2D eigenvalue weighted by molar-refractivity contribution is -0.142. The molecule has 2 aliphatic heterocycles. The molecule has 2 rings (SSSR count). The molecule has 0 bridgehead atoms. The summed E-state index contributed by atoms with van der Waals surface area (Å²) in [5.74, 6) is 1.96. The van der Waals surface area contributed by atoms with Crippen LogP contribution in [0.5, 0.6) is 0 Å². The predicted octanol–water partition coefficient (Wildman–Crippen LogP) is -0.477. The summed E-state index contributed by atoms with van der Waals surface area (Å²) in [6.07, 6.45) is 0.0248. The Morgan fingerprint density at radius 2 is 2.56 bits per heavy atom. The number of nitrogens with zero attached hydrogens (tertiary/aromatic N) is 1. The van der Waals surface area contributed by atoms with Gasteiger partial charge in [-0.15, -0.1) is 11.8 Å². The SMILES string of the molecule is COCC1CN(C(=O)C2CSCN2)CCO1. The van der Waals surface area contributed by atoms with Gasteiger partial charge < -0.3 is 14.4 Å². The minimum absolute atomic E-state index is 0.00806. The highest BCUT2D eigenvalue weighted by Crippen LogP contribution is 2.14. The van der Waals surface area contributed by atoms with Gasteiger partial charge in [-0.25, -0.2) is 0 Å². The molecule has 5 nitrogen and oxygen atoms in total. The number of rotatable bonds is 3. The summed E-state index contributed by atoms with van der Waals surface area (Å²) in [5.41, 5.74) is 0. The molecule has 1 amide bonds. The van der Waals surface area contributed by atoms with E-state index in [4.69, 9.17) is 9.47 Å². The molecule has 6 heteroatoms. The molecule has 0 spiro atoms. The summed E-state index contributed by atoms with van der Waals surface area (Å²) in [6.45, 7) is 2.51. The van der Waals surface area contributed by atoms with E-state index >= 15 is 0 Å². The molecule has 0 aliphatic carbocycles. The van der Waals surface area contributed by atoms with E-state index in [1.54, 1.807) is 18.9 Å². The third kappa shape index (κ3) is 2.88. The van der Waals surface area contributed by atoms with E-state index in [0.29, 0.717) is 26.3 Å². The second kappa shape index (κ2) is 5.86. The number of hydrogen-bond acceptors (Lipinski definition) is 5. The molecule has 2 unspecified atom stereocenters. The van der Waals surface area contributed by atoms with Gasteiger partial charge in [-0.05, 0) is 0 Å². The van der Waals surface area contributed by atoms with Crippen LogP contribution < -0.4 is 5.32 Å². The quantitative estimate of drug-likeness (QED) is 0.729. The summed E-state index contributed by atoms with van der Waals surface area (Å²) in [4.78, 5) is 14.0. The fourth-order valence-corrected chi connectivity index (χ4v) is 2.91. The average molecular weight is 246 g/mol. The second-order valence-corrected chi connectivity index (χ2v) is 5.03. The molecule has 1 N–H and O–H groups in total. The Morgan fingerprint density at radius 1 is 1.69 bits per heavy atom.